The van der Waals surface area contributed by atoms with Crippen LogP contribution in [0, 0.1) is 0 Å². The predicted octanol–water partition coefficient (Wildman–Crippen LogP) is 1.86. The Kier molecular flexibility index (Phi) is 3.71. The minimum atomic E-state index is -0.448. The summed E-state index contributed by atoms with van der Waals surface area (Å²) in [5.74, 6) is 0. The highest BCUT2D eigenvalue weighted by Crippen LogP contribution is 2.16. The summed E-state index contributed by atoms with van der Waals surface area (Å²) in [7, 11) is 0. The van der Waals surface area contributed by atoms with Gasteiger partial charge in [0, 0.05) is 18.8 Å². The molecule has 0 aromatic carbocycles. The molecular weight excluding hydrogens is 222 g/mol. The smallest absolute Gasteiger partial charge is 0.0922 e. The van der Waals surface area contributed by atoms with Crippen LogP contribution < -0.4 is 5.32 Å². The number of nitrogens with zero attached hydrogens (tertiary/aromatic N) is 1. The number of thiophene rings is 1. The summed E-state index contributed by atoms with van der Waals surface area (Å²) < 4.78 is 0. The van der Waals surface area contributed by atoms with Crippen molar-refractivity contribution in [3.05, 3.63) is 40.3 Å². The van der Waals surface area contributed by atoms with Gasteiger partial charge in [0.2, 0.25) is 0 Å². The Morgan fingerprint density at radius 2 is 2.44 bits per heavy atom. The third-order valence-corrected chi connectivity index (χ3v) is 3.24. The van der Waals surface area contributed by atoms with Crippen molar-refractivity contribution in [3.8, 4) is 0 Å². The van der Waals surface area contributed by atoms with E-state index in [0.29, 0.717) is 6.54 Å². The second-order valence-electron chi connectivity index (χ2n) is 3.71. The average molecular weight is 237 g/mol. The van der Waals surface area contributed by atoms with Gasteiger partial charge in [-0.15, -0.1) is 0 Å². The average Bonchev–Trinajstić information content (AvgIpc) is 2.95. The van der Waals surface area contributed by atoms with Crippen molar-refractivity contribution in [2.75, 3.05) is 6.54 Å². The maximum atomic E-state index is 9.87. The molecule has 2 rings (SSSR count). The molecule has 16 heavy (non-hydrogen) atoms. The Balaban J connectivity index is 1.84. The van der Waals surface area contributed by atoms with Gasteiger partial charge in [-0.1, -0.05) is 0 Å². The van der Waals surface area contributed by atoms with Gasteiger partial charge in [0.15, 0.2) is 0 Å². The van der Waals surface area contributed by atoms with Crippen molar-refractivity contribution in [1.82, 2.24) is 15.5 Å². The number of hydrogen-bond acceptors (Lipinski definition) is 4. The van der Waals surface area contributed by atoms with Gasteiger partial charge in [0.25, 0.3) is 0 Å². The van der Waals surface area contributed by atoms with Gasteiger partial charge < -0.3 is 10.4 Å². The molecule has 2 aromatic heterocycles. The second-order valence-corrected chi connectivity index (χ2v) is 4.49. The Morgan fingerprint density at radius 3 is 3.06 bits per heavy atom. The zero-order valence-corrected chi connectivity index (χ0v) is 9.87. The summed E-state index contributed by atoms with van der Waals surface area (Å²) in [5.41, 5.74) is 1.99. The number of aliphatic hydroxyl groups excluding tert-OH is 1. The fraction of sp³-hybridized carbons (Fsp3) is 0.364. The topological polar surface area (TPSA) is 60.9 Å². The summed E-state index contributed by atoms with van der Waals surface area (Å²) in [6.45, 7) is 2.57. The molecule has 0 spiro atoms. The number of aromatic amines is 1. The molecule has 2 unspecified atom stereocenters. The molecule has 0 aliphatic heterocycles. The molecule has 2 heterocycles. The Hall–Kier alpha value is -1.17. The number of nitrogens with one attached hydrogen (secondary N) is 2. The van der Waals surface area contributed by atoms with Crippen molar-refractivity contribution >= 4 is 11.3 Å². The molecule has 3 N–H and O–H groups in total. The lowest BCUT2D eigenvalue weighted by atomic mass is 10.2. The number of aromatic nitrogens is 2. The fourth-order valence-electron chi connectivity index (χ4n) is 1.49. The van der Waals surface area contributed by atoms with Gasteiger partial charge >= 0.3 is 0 Å². The van der Waals surface area contributed by atoms with Gasteiger partial charge in [-0.2, -0.15) is 16.4 Å². The van der Waals surface area contributed by atoms with E-state index >= 15 is 0 Å². The predicted molar refractivity (Wildman–Crippen MR) is 64.3 cm³/mol. The van der Waals surface area contributed by atoms with Crippen molar-refractivity contribution in [2.24, 2.45) is 0 Å². The van der Waals surface area contributed by atoms with Crippen molar-refractivity contribution < 1.29 is 5.11 Å². The number of hydrogen-bond donors (Lipinski definition) is 3. The first kappa shape index (κ1) is 11.3. The highest BCUT2D eigenvalue weighted by atomic mass is 32.1. The van der Waals surface area contributed by atoms with E-state index in [0.717, 1.165) is 11.3 Å². The van der Waals surface area contributed by atoms with Crippen LogP contribution in [0.2, 0.25) is 0 Å². The minimum Gasteiger partial charge on any atom is -0.387 e. The lowest BCUT2D eigenvalue weighted by molar-refractivity contribution is 0.171. The summed E-state index contributed by atoms with van der Waals surface area (Å²) in [6, 6.07) is 4.03. The molecule has 0 aliphatic rings. The number of aliphatic hydroxyl groups is 1. The zero-order chi connectivity index (χ0) is 11.4. The number of H-pyrrole nitrogens is 1. The molecule has 4 nitrogen and oxygen atoms in total. The fourth-order valence-corrected chi connectivity index (χ4v) is 2.20. The van der Waals surface area contributed by atoms with Crippen LogP contribution in [0.5, 0.6) is 0 Å². The molecular formula is C11H15N3OS. The first-order valence-electron chi connectivity index (χ1n) is 5.20. The molecule has 0 radical (unpaired) electrons. The molecule has 0 amide bonds. The summed E-state index contributed by atoms with van der Waals surface area (Å²) in [6.07, 6.45) is 1.28. The minimum absolute atomic E-state index is 0.163. The van der Waals surface area contributed by atoms with Gasteiger partial charge in [-0.05, 0) is 35.4 Å². The largest absolute Gasteiger partial charge is 0.387 e. The summed E-state index contributed by atoms with van der Waals surface area (Å²) in [5, 5.41) is 23.9. The lowest BCUT2D eigenvalue weighted by Gasteiger charge is -2.15. The van der Waals surface area contributed by atoms with E-state index in [-0.39, 0.29) is 6.04 Å². The Bertz CT molecular complexity index is 359. The first-order chi connectivity index (χ1) is 7.77. The first-order valence-corrected chi connectivity index (χ1v) is 6.14. The van der Waals surface area contributed by atoms with E-state index in [1.807, 2.05) is 29.8 Å². The van der Waals surface area contributed by atoms with Crippen molar-refractivity contribution in [1.29, 1.82) is 0 Å². The van der Waals surface area contributed by atoms with E-state index in [2.05, 4.69) is 15.5 Å². The number of rotatable bonds is 5. The molecule has 0 bridgehead atoms. The monoisotopic (exact) mass is 237 g/mol. The highest BCUT2D eigenvalue weighted by Gasteiger charge is 2.11. The van der Waals surface area contributed by atoms with E-state index in [1.165, 1.54) is 0 Å². The summed E-state index contributed by atoms with van der Waals surface area (Å²) in [4.78, 5) is 0. The standard InChI is InChI=1S/C11H15N3OS/c1-8(10-2-4-13-14-10)12-6-11(15)9-3-5-16-7-9/h2-5,7-8,11-12,15H,6H2,1H3,(H,13,14). The third-order valence-electron chi connectivity index (χ3n) is 2.53. The molecule has 0 aliphatic carbocycles. The second kappa shape index (κ2) is 5.25. The van der Waals surface area contributed by atoms with Crippen LogP contribution in [0.3, 0.4) is 0 Å². The van der Waals surface area contributed by atoms with Gasteiger partial charge in [-0.3, -0.25) is 5.10 Å². The molecule has 2 aromatic rings. The zero-order valence-electron chi connectivity index (χ0n) is 9.05. The molecule has 2 atom stereocenters. The Morgan fingerprint density at radius 1 is 1.56 bits per heavy atom. The van der Waals surface area contributed by atoms with E-state index in [4.69, 9.17) is 0 Å². The van der Waals surface area contributed by atoms with Crippen LogP contribution in [-0.4, -0.2) is 21.8 Å². The van der Waals surface area contributed by atoms with Crippen LogP contribution in [0.1, 0.15) is 30.3 Å². The normalized spacial score (nSPS) is 14.9. The van der Waals surface area contributed by atoms with Gasteiger partial charge in [0.1, 0.15) is 0 Å². The maximum Gasteiger partial charge on any atom is 0.0922 e. The quantitative estimate of drug-likeness (QED) is 0.744. The molecule has 0 fully saturated rings. The van der Waals surface area contributed by atoms with E-state index in [9.17, 15) is 5.11 Å². The van der Waals surface area contributed by atoms with Crippen LogP contribution in [0.25, 0.3) is 0 Å². The third kappa shape index (κ3) is 2.69. The van der Waals surface area contributed by atoms with E-state index < -0.39 is 6.10 Å². The van der Waals surface area contributed by atoms with Crippen molar-refractivity contribution in [2.45, 2.75) is 19.1 Å². The Labute approximate surface area is 98.3 Å². The molecule has 86 valence electrons. The summed E-state index contributed by atoms with van der Waals surface area (Å²) >= 11 is 1.60. The van der Waals surface area contributed by atoms with Crippen LogP contribution >= 0.6 is 11.3 Å². The van der Waals surface area contributed by atoms with Crippen LogP contribution in [0.15, 0.2) is 29.1 Å². The van der Waals surface area contributed by atoms with Crippen LogP contribution in [-0.2, 0) is 0 Å². The van der Waals surface area contributed by atoms with Crippen molar-refractivity contribution in [3.63, 3.8) is 0 Å². The maximum absolute atomic E-state index is 9.87. The van der Waals surface area contributed by atoms with Gasteiger partial charge in [0.05, 0.1) is 11.8 Å². The lowest BCUT2D eigenvalue weighted by Crippen LogP contribution is -2.24. The SMILES string of the molecule is CC(NCC(O)c1ccsc1)c1ccn[nH]1. The molecule has 5 heteroatoms. The van der Waals surface area contributed by atoms with Crippen LogP contribution in [0.4, 0.5) is 0 Å². The molecule has 0 saturated carbocycles. The van der Waals surface area contributed by atoms with Gasteiger partial charge in [-0.25, -0.2) is 0 Å². The van der Waals surface area contributed by atoms with E-state index in [1.54, 1.807) is 17.5 Å². The molecule has 0 saturated heterocycles. The highest BCUT2D eigenvalue weighted by molar-refractivity contribution is 7.07.